The van der Waals surface area contributed by atoms with Crippen LogP contribution in [0.15, 0.2) is 59.1 Å². The number of nitrogens with zero attached hydrogens (tertiary/aromatic N) is 1. The van der Waals surface area contributed by atoms with Crippen LogP contribution in [0.2, 0.25) is 0 Å². The molecule has 1 atom stereocenters. The van der Waals surface area contributed by atoms with Crippen molar-refractivity contribution in [3.63, 3.8) is 0 Å². The highest BCUT2D eigenvalue weighted by atomic mass is 79.9. The van der Waals surface area contributed by atoms with Crippen LogP contribution in [0.3, 0.4) is 0 Å². The lowest BCUT2D eigenvalue weighted by Crippen LogP contribution is -2.45. The number of benzene rings is 3. The fraction of sp³-hybridized carbons (Fsp3) is 0.259. The van der Waals surface area contributed by atoms with Crippen molar-refractivity contribution in [3.8, 4) is 11.5 Å². The Hall–Kier alpha value is -3.39. The molecule has 1 unspecified atom stereocenters. The average Bonchev–Trinajstić information content (AvgIpc) is 3.39. The molecule has 0 saturated heterocycles. The molecular formula is C27H22BrFN2O4. The first-order valence-corrected chi connectivity index (χ1v) is 12.1. The molecule has 6 nitrogen and oxygen atoms in total. The SMILES string of the molecule is CC1(C)Cc2cc3c(cc2O1)OCC31C(=O)N(CC(=O)Nc2ccccc2F)c2cccc(Br)c21. The van der Waals surface area contributed by atoms with E-state index >= 15 is 0 Å². The molecule has 3 aliphatic rings. The van der Waals surface area contributed by atoms with Gasteiger partial charge in [0.05, 0.1) is 11.4 Å². The Morgan fingerprint density at radius 3 is 2.74 bits per heavy atom. The average molecular weight is 537 g/mol. The molecule has 178 valence electrons. The van der Waals surface area contributed by atoms with Crippen LogP contribution in [0.25, 0.3) is 0 Å². The van der Waals surface area contributed by atoms with Crippen LogP contribution >= 0.6 is 15.9 Å². The van der Waals surface area contributed by atoms with Gasteiger partial charge in [0.15, 0.2) is 0 Å². The summed E-state index contributed by atoms with van der Waals surface area (Å²) in [4.78, 5) is 28.5. The molecule has 0 aromatic heterocycles. The number of carbonyl (C=O) groups excluding carboxylic acids is 2. The molecule has 0 radical (unpaired) electrons. The molecule has 3 aromatic rings. The van der Waals surface area contributed by atoms with E-state index in [-0.39, 0.29) is 30.3 Å². The molecule has 3 aliphatic heterocycles. The molecule has 2 amide bonds. The molecule has 0 aliphatic carbocycles. The zero-order valence-corrected chi connectivity index (χ0v) is 20.7. The highest BCUT2D eigenvalue weighted by molar-refractivity contribution is 9.10. The first-order valence-electron chi connectivity index (χ1n) is 11.3. The van der Waals surface area contributed by atoms with Crippen molar-refractivity contribution in [2.45, 2.75) is 31.3 Å². The number of para-hydroxylation sites is 1. The Bertz CT molecular complexity index is 1420. The first-order chi connectivity index (χ1) is 16.7. The van der Waals surface area contributed by atoms with E-state index in [9.17, 15) is 14.0 Å². The number of ether oxygens (including phenoxy) is 2. The van der Waals surface area contributed by atoms with Gasteiger partial charge in [0.25, 0.3) is 0 Å². The summed E-state index contributed by atoms with van der Waals surface area (Å²) in [6.45, 7) is 3.91. The van der Waals surface area contributed by atoms with Gasteiger partial charge in [-0.25, -0.2) is 4.39 Å². The normalized spacial score (nSPS) is 20.8. The minimum absolute atomic E-state index is 0.0704. The maximum absolute atomic E-state index is 14.1. The van der Waals surface area contributed by atoms with Crippen LogP contribution < -0.4 is 19.7 Å². The Morgan fingerprint density at radius 2 is 1.94 bits per heavy atom. The number of anilines is 2. The van der Waals surface area contributed by atoms with Crippen LogP contribution in [0.5, 0.6) is 11.5 Å². The quantitative estimate of drug-likeness (QED) is 0.513. The monoisotopic (exact) mass is 536 g/mol. The Labute approximate surface area is 210 Å². The number of nitrogens with one attached hydrogen (secondary N) is 1. The Morgan fingerprint density at radius 1 is 1.14 bits per heavy atom. The van der Waals surface area contributed by atoms with Gasteiger partial charge in [0, 0.05) is 28.1 Å². The van der Waals surface area contributed by atoms with E-state index in [0.717, 1.165) is 33.3 Å². The lowest BCUT2D eigenvalue weighted by atomic mass is 9.76. The summed E-state index contributed by atoms with van der Waals surface area (Å²) in [6.07, 6.45) is 0.720. The van der Waals surface area contributed by atoms with E-state index in [1.54, 1.807) is 12.1 Å². The van der Waals surface area contributed by atoms with Crippen molar-refractivity contribution in [1.82, 2.24) is 0 Å². The van der Waals surface area contributed by atoms with E-state index in [1.165, 1.54) is 17.0 Å². The van der Waals surface area contributed by atoms with Crippen LogP contribution in [0, 0.1) is 5.82 Å². The maximum Gasteiger partial charge on any atom is 0.246 e. The smallest absolute Gasteiger partial charge is 0.246 e. The molecule has 1 N–H and O–H groups in total. The zero-order chi connectivity index (χ0) is 24.5. The molecule has 8 heteroatoms. The number of carbonyl (C=O) groups is 2. The van der Waals surface area contributed by atoms with Crippen molar-refractivity contribution in [2.24, 2.45) is 0 Å². The molecule has 1 spiro atoms. The number of halogens is 2. The molecule has 3 aromatic carbocycles. The number of rotatable bonds is 3. The summed E-state index contributed by atoms with van der Waals surface area (Å²) in [7, 11) is 0. The predicted octanol–water partition coefficient (Wildman–Crippen LogP) is 4.97. The van der Waals surface area contributed by atoms with Crippen molar-refractivity contribution in [2.75, 3.05) is 23.4 Å². The van der Waals surface area contributed by atoms with Gasteiger partial charge in [-0.15, -0.1) is 0 Å². The van der Waals surface area contributed by atoms with Gasteiger partial charge in [-0.3, -0.25) is 9.59 Å². The lowest BCUT2D eigenvalue weighted by Gasteiger charge is -2.23. The summed E-state index contributed by atoms with van der Waals surface area (Å²) < 4.78 is 27.0. The molecule has 0 bridgehead atoms. The van der Waals surface area contributed by atoms with Gasteiger partial charge in [-0.05, 0) is 49.7 Å². The predicted molar refractivity (Wildman–Crippen MR) is 133 cm³/mol. The third kappa shape index (κ3) is 3.26. The molecule has 3 heterocycles. The molecule has 35 heavy (non-hydrogen) atoms. The molecule has 0 saturated carbocycles. The number of fused-ring (bicyclic) bond motifs is 5. The lowest BCUT2D eigenvalue weighted by molar-refractivity contribution is -0.124. The summed E-state index contributed by atoms with van der Waals surface area (Å²) in [5.74, 6) is 0.0961. The van der Waals surface area contributed by atoms with Crippen molar-refractivity contribution < 1.29 is 23.5 Å². The number of hydrogen-bond acceptors (Lipinski definition) is 4. The summed E-state index contributed by atoms with van der Waals surface area (Å²) in [5.41, 5.74) is 1.83. The van der Waals surface area contributed by atoms with Gasteiger partial charge in [-0.2, -0.15) is 0 Å². The van der Waals surface area contributed by atoms with E-state index in [2.05, 4.69) is 21.2 Å². The molecule has 0 fully saturated rings. The molecular weight excluding hydrogens is 515 g/mol. The second-order valence-electron chi connectivity index (χ2n) is 9.74. The minimum atomic E-state index is -1.09. The van der Waals surface area contributed by atoms with Gasteiger partial charge >= 0.3 is 0 Å². The third-order valence-electron chi connectivity index (χ3n) is 6.84. The first kappa shape index (κ1) is 22.1. The summed E-state index contributed by atoms with van der Waals surface area (Å²) in [6, 6.07) is 15.3. The van der Waals surface area contributed by atoms with Crippen molar-refractivity contribution in [1.29, 1.82) is 0 Å². The molecule has 6 rings (SSSR count). The van der Waals surface area contributed by atoms with E-state index in [0.29, 0.717) is 11.4 Å². The van der Waals surface area contributed by atoms with Crippen molar-refractivity contribution >= 4 is 39.1 Å². The van der Waals surface area contributed by atoms with Gasteiger partial charge < -0.3 is 19.7 Å². The topological polar surface area (TPSA) is 67.9 Å². The summed E-state index contributed by atoms with van der Waals surface area (Å²) in [5, 5.41) is 2.58. The second-order valence-corrected chi connectivity index (χ2v) is 10.6. The van der Waals surface area contributed by atoms with E-state index in [1.807, 2.05) is 44.2 Å². The van der Waals surface area contributed by atoms with Gasteiger partial charge in [0.2, 0.25) is 11.8 Å². The Balaban J connectivity index is 1.41. The van der Waals surface area contributed by atoms with Crippen LogP contribution in [0.1, 0.15) is 30.5 Å². The second kappa shape index (κ2) is 7.55. The van der Waals surface area contributed by atoms with Gasteiger partial charge in [-0.1, -0.05) is 34.1 Å². The van der Waals surface area contributed by atoms with Crippen molar-refractivity contribution in [3.05, 3.63) is 81.6 Å². The largest absolute Gasteiger partial charge is 0.491 e. The third-order valence-corrected chi connectivity index (χ3v) is 7.50. The standard InChI is InChI=1S/C27H22BrFN2O4/c1-26(2)12-15-10-16-22(11-21(15)35-26)34-14-27(16)24-17(28)6-5-9-20(24)31(25(27)33)13-23(32)30-19-8-4-3-7-18(19)29/h3-11H,12-14H2,1-2H3,(H,30,32). The fourth-order valence-corrected chi connectivity index (χ4v) is 6.09. The maximum atomic E-state index is 14.1. The highest BCUT2D eigenvalue weighted by Gasteiger charge is 2.58. The van der Waals surface area contributed by atoms with Crippen LogP contribution in [-0.4, -0.2) is 30.6 Å². The van der Waals surface area contributed by atoms with E-state index < -0.39 is 17.1 Å². The van der Waals surface area contributed by atoms with Crippen LogP contribution in [0.4, 0.5) is 15.8 Å². The number of amides is 2. The number of hydrogen-bond donors (Lipinski definition) is 1. The van der Waals surface area contributed by atoms with Crippen LogP contribution in [-0.2, 0) is 21.4 Å². The van der Waals surface area contributed by atoms with Gasteiger partial charge in [0.1, 0.15) is 41.5 Å². The van der Waals surface area contributed by atoms with E-state index in [4.69, 9.17) is 9.47 Å². The fourth-order valence-electron chi connectivity index (χ4n) is 5.39. The summed E-state index contributed by atoms with van der Waals surface area (Å²) >= 11 is 3.64. The zero-order valence-electron chi connectivity index (χ0n) is 19.2. The minimum Gasteiger partial charge on any atom is -0.491 e. The highest BCUT2D eigenvalue weighted by Crippen LogP contribution is 2.56. The Kier molecular flexibility index (Phi) is 4.77.